The van der Waals surface area contributed by atoms with Crippen molar-refractivity contribution in [1.29, 1.82) is 0 Å². The van der Waals surface area contributed by atoms with E-state index in [9.17, 15) is 9.90 Å². The van der Waals surface area contributed by atoms with Crippen molar-refractivity contribution in [3.05, 3.63) is 71.3 Å². The van der Waals surface area contributed by atoms with Gasteiger partial charge in [-0.25, -0.2) is 0 Å². The van der Waals surface area contributed by atoms with E-state index in [0.717, 1.165) is 11.1 Å². The molecule has 0 bridgehead atoms. The van der Waals surface area contributed by atoms with Crippen LogP contribution < -0.4 is 11.1 Å². The number of hydrogen-bond acceptors (Lipinski definition) is 3. The van der Waals surface area contributed by atoms with Crippen molar-refractivity contribution in [2.75, 3.05) is 6.54 Å². The molecule has 2 aromatic carbocycles. The van der Waals surface area contributed by atoms with Crippen LogP contribution in [-0.2, 0) is 6.54 Å². The zero-order chi connectivity index (χ0) is 16.7. The van der Waals surface area contributed by atoms with E-state index in [1.165, 1.54) is 0 Å². The average molecular weight is 312 g/mol. The van der Waals surface area contributed by atoms with E-state index in [2.05, 4.69) is 5.32 Å². The van der Waals surface area contributed by atoms with Crippen LogP contribution in [0.1, 0.15) is 40.7 Å². The lowest BCUT2D eigenvalue weighted by atomic mass is 9.93. The number of hydrogen-bond donors (Lipinski definition) is 3. The van der Waals surface area contributed by atoms with Crippen molar-refractivity contribution >= 4 is 5.91 Å². The van der Waals surface area contributed by atoms with Gasteiger partial charge in [0.25, 0.3) is 5.91 Å². The summed E-state index contributed by atoms with van der Waals surface area (Å²) in [5.74, 6) is -0.0245. The molecule has 2 aromatic rings. The van der Waals surface area contributed by atoms with Crippen LogP contribution >= 0.6 is 0 Å². The first-order valence-corrected chi connectivity index (χ1v) is 7.90. The molecule has 0 aromatic heterocycles. The summed E-state index contributed by atoms with van der Waals surface area (Å²) in [5.41, 5.74) is 8.29. The third-order valence-electron chi connectivity index (χ3n) is 3.86. The minimum absolute atomic E-state index is 0.0865. The molecular weight excluding hydrogens is 288 g/mol. The maximum absolute atomic E-state index is 12.3. The van der Waals surface area contributed by atoms with Crippen molar-refractivity contribution in [2.24, 2.45) is 5.73 Å². The monoisotopic (exact) mass is 312 g/mol. The Morgan fingerprint density at radius 1 is 1.13 bits per heavy atom. The van der Waals surface area contributed by atoms with Gasteiger partial charge in [0.1, 0.15) is 0 Å². The molecule has 0 saturated heterocycles. The summed E-state index contributed by atoms with van der Waals surface area (Å²) in [5, 5.41) is 12.7. The highest BCUT2D eigenvalue weighted by Gasteiger charge is 2.16. The summed E-state index contributed by atoms with van der Waals surface area (Å²) in [6.45, 7) is 2.72. The van der Waals surface area contributed by atoms with Gasteiger partial charge in [0.05, 0.1) is 6.10 Å². The van der Waals surface area contributed by atoms with Gasteiger partial charge in [-0.15, -0.1) is 0 Å². The number of nitrogens with two attached hydrogens (primary N) is 1. The van der Waals surface area contributed by atoms with E-state index in [0.29, 0.717) is 25.1 Å². The predicted molar refractivity (Wildman–Crippen MR) is 92.1 cm³/mol. The van der Waals surface area contributed by atoms with Crippen LogP contribution in [0.25, 0.3) is 0 Å². The van der Waals surface area contributed by atoms with Gasteiger partial charge in [0.15, 0.2) is 0 Å². The van der Waals surface area contributed by atoms with Crippen molar-refractivity contribution in [2.45, 2.75) is 31.9 Å². The number of aliphatic hydroxyl groups excluding tert-OH is 1. The van der Waals surface area contributed by atoms with Gasteiger partial charge in [-0.05, 0) is 36.6 Å². The van der Waals surface area contributed by atoms with Crippen LogP contribution in [-0.4, -0.2) is 23.7 Å². The molecule has 4 N–H and O–H groups in total. The molecule has 0 heterocycles. The smallest absolute Gasteiger partial charge is 0.251 e. The van der Waals surface area contributed by atoms with Gasteiger partial charge in [0, 0.05) is 24.6 Å². The summed E-state index contributed by atoms with van der Waals surface area (Å²) in [6.07, 6.45) is 0.192. The molecule has 2 atom stereocenters. The molecule has 0 fully saturated rings. The molecule has 4 heteroatoms. The van der Waals surface area contributed by atoms with Gasteiger partial charge in [-0.3, -0.25) is 4.79 Å². The minimum Gasteiger partial charge on any atom is -0.393 e. The third kappa shape index (κ3) is 5.20. The number of aliphatic hydroxyl groups is 1. The molecular formula is C19H24N2O2. The zero-order valence-electron chi connectivity index (χ0n) is 13.4. The SMILES string of the molecule is CC(O)CC(CNC(=O)c1ccc(CN)cc1)c1ccccc1. The summed E-state index contributed by atoms with van der Waals surface area (Å²) in [6, 6.07) is 17.2. The highest BCUT2D eigenvalue weighted by Crippen LogP contribution is 2.20. The first kappa shape index (κ1) is 17.2. The van der Waals surface area contributed by atoms with Crippen molar-refractivity contribution in [1.82, 2.24) is 5.32 Å². The van der Waals surface area contributed by atoms with E-state index in [1.54, 1.807) is 19.1 Å². The predicted octanol–water partition coefficient (Wildman–Crippen LogP) is 2.43. The molecule has 0 saturated carbocycles. The first-order valence-electron chi connectivity index (χ1n) is 7.90. The van der Waals surface area contributed by atoms with Gasteiger partial charge in [-0.2, -0.15) is 0 Å². The molecule has 4 nitrogen and oxygen atoms in total. The van der Waals surface area contributed by atoms with Crippen LogP contribution in [0.4, 0.5) is 0 Å². The van der Waals surface area contributed by atoms with Crippen LogP contribution in [0.15, 0.2) is 54.6 Å². The van der Waals surface area contributed by atoms with Crippen LogP contribution in [0.3, 0.4) is 0 Å². The average Bonchev–Trinajstić information content (AvgIpc) is 2.59. The topological polar surface area (TPSA) is 75.3 Å². The molecule has 2 unspecified atom stereocenters. The Labute approximate surface area is 137 Å². The lowest BCUT2D eigenvalue weighted by Gasteiger charge is -2.19. The van der Waals surface area contributed by atoms with Gasteiger partial charge < -0.3 is 16.2 Å². The van der Waals surface area contributed by atoms with Gasteiger partial charge in [-0.1, -0.05) is 42.5 Å². The summed E-state index contributed by atoms with van der Waals surface area (Å²) in [7, 11) is 0. The number of carbonyl (C=O) groups is 1. The Morgan fingerprint density at radius 2 is 1.78 bits per heavy atom. The fraction of sp³-hybridized carbons (Fsp3) is 0.316. The maximum atomic E-state index is 12.3. The maximum Gasteiger partial charge on any atom is 0.251 e. The first-order chi connectivity index (χ1) is 11.1. The molecule has 0 spiro atoms. The Hall–Kier alpha value is -2.17. The second-order valence-corrected chi connectivity index (χ2v) is 5.80. The minimum atomic E-state index is -0.416. The summed E-state index contributed by atoms with van der Waals surface area (Å²) >= 11 is 0. The number of benzene rings is 2. The van der Waals surface area contributed by atoms with Crippen LogP contribution in [0.5, 0.6) is 0 Å². The van der Waals surface area contributed by atoms with E-state index in [1.807, 2.05) is 42.5 Å². The molecule has 0 aliphatic carbocycles. The Morgan fingerprint density at radius 3 is 2.35 bits per heavy atom. The highest BCUT2D eigenvalue weighted by atomic mass is 16.3. The Bertz CT molecular complexity index is 609. The van der Waals surface area contributed by atoms with E-state index >= 15 is 0 Å². The zero-order valence-corrected chi connectivity index (χ0v) is 13.4. The van der Waals surface area contributed by atoms with E-state index in [-0.39, 0.29) is 11.8 Å². The molecule has 0 radical (unpaired) electrons. The molecule has 1 amide bonds. The highest BCUT2D eigenvalue weighted by molar-refractivity contribution is 5.94. The normalized spacial score (nSPS) is 13.3. The van der Waals surface area contributed by atoms with Crippen molar-refractivity contribution < 1.29 is 9.90 Å². The lowest BCUT2D eigenvalue weighted by Crippen LogP contribution is -2.29. The number of nitrogens with one attached hydrogen (secondary N) is 1. The quantitative estimate of drug-likeness (QED) is 0.735. The molecule has 0 aliphatic heterocycles. The molecule has 122 valence electrons. The standard InChI is InChI=1S/C19H24N2O2/c1-14(22)11-18(16-5-3-2-4-6-16)13-21-19(23)17-9-7-15(12-20)8-10-17/h2-10,14,18,22H,11-13,20H2,1H3,(H,21,23). The molecule has 2 rings (SSSR count). The third-order valence-corrected chi connectivity index (χ3v) is 3.86. The summed E-state index contributed by atoms with van der Waals surface area (Å²) in [4.78, 5) is 12.3. The van der Waals surface area contributed by atoms with E-state index in [4.69, 9.17) is 5.73 Å². The van der Waals surface area contributed by atoms with Crippen LogP contribution in [0, 0.1) is 0 Å². The number of carbonyl (C=O) groups excluding carboxylic acids is 1. The number of amides is 1. The fourth-order valence-corrected chi connectivity index (χ4v) is 2.58. The Kier molecular flexibility index (Phi) is 6.32. The van der Waals surface area contributed by atoms with Crippen LogP contribution in [0.2, 0.25) is 0 Å². The van der Waals surface area contributed by atoms with Crippen molar-refractivity contribution in [3.8, 4) is 0 Å². The molecule has 23 heavy (non-hydrogen) atoms. The van der Waals surface area contributed by atoms with Gasteiger partial charge >= 0.3 is 0 Å². The number of rotatable bonds is 7. The largest absolute Gasteiger partial charge is 0.393 e. The Balaban J connectivity index is 2.01. The second kappa shape index (κ2) is 8.46. The van der Waals surface area contributed by atoms with E-state index < -0.39 is 6.10 Å². The second-order valence-electron chi connectivity index (χ2n) is 5.80. The van der Waals surface area contributed by atoms with Gasteiger partial charge in [0.2, 0.25) is 0 Å². The molecule has 0 aliphatic rings. The van der Waals surface area contributed by atoms with Crippen molar-refractivity contribution in [3.63, 3.8) is 0 Å². The fourth-order valence-electron chi connectivity index (χ4n) is 2.58. The summed E-state index contributed by atoms with van der Waals surface area (Å²) < 4.78 is 0. The lowest BCUT2D eigenvalue weighted by molar-refractivity contribution is 0.0945.